The summed E-state index contributed by atoms with van der Waals surface area (Å²) in [5.41, 5.74) is 2.92. The van der Waals surface area contributed by atoms with Crippen molar-refractivity contribution in [3.63, 3.8) is 0 Å². The molecule has 1 aromatic rings. The second kappa shape index (κ2) is 6.20. The first-order chi connectivity index (χ1) is 8.28. The minimum absolute atomic E-state index is 0.739. The third-order valence-corrected chi connectivity index (χ3v) is 3.88. The molecule has 1 aliphatic rings. The topological polar surface area (TPSA) is 12.0 Å². The highest BCUT2D eigenvalue weighted by Gasteiger charge is 2.17. The zero-order chi connectivity index (χ0) is 12.1. The average Bonchev–Trinajstić information content (AvgIpc) is 2.28. The molecule has 1 fully saturated rings. The summed E-state index contributed by atoms with van der Waals surface area (Å²) in [5.74, 6) is 0.739. The van der Waals surface area contributed by atoms with Gasteiger partial charge in [0, 0.05) is 6.04 Å². The highest BCUT2D eigenvalue weighted by Crippen LogP contribution is 2.18. The lowest BCUT2D eigenvalue weighted by Crippen LogP contribution is -2.38. The van der Waals surface area contributed by atoms with Gasteiger partial charge in [0.15, 0.2) is 0 Å². The number of aryl methyl sites for hydroxylation is 1. The lowest BCUT2D eigenvalue weighted by Gasteiger charge is -2.28. The van der Waals surface area contributed by atoms with Crippen LogP contribution in [0.4, 0.5) is 0 Å². The van der Waals surface area contributed by atoms with Gasteiger partial charge in [0.05, 0.1) is 0 Å². The van der Waals surface area contributed by atoms with Crippen molar-refractivity contribution in [2.45, 2.75) is 52.0 Å². The van der Waals surface area contributed by atoms with Crippen molar-refractivity contribution in [2.75, 3.05) is 6.54 Å². The Labute approximate surface area is 106 Å². The van der Waals surface area contributed by atoms with Crippen LogP contribution in [0.25, 0.3) is 0 Å². The van der Waals surface area contributed by atoms with Crippen LogP contribution in [0.1, 0.15) is 44.2 Å². The van der Waals surface area contributed by atoms with Gasteiger partial charge in [-0.05, 0) is 49.3 Å². The van der Waals surface area contributed by atoms with E-state index in [1.807, 2.05) is 0 Å². The number of rotatable bonds is 6. The minimum atomic E-state index is 0.739. The highest BCUT2D eigenvalue weighted by molar-refractivity contribution is 5.22. The summed E-state index contributed by atoms with van der Waals surface area (Å²) in [6.07, 6.45) is 6.53. The van der Waals surface area contributed by atoms with Crippen LogP contribution in [-0.2, 0) is 12.8 Å². The first-order valence-electron chi connectivity index (χ1n) is 7.09. The van der Waals surface area contributed by atoms with E-state index < -0.39 is 0 Å². The number of benzene rings is 1. The van der Waals surface area contributed by atoms with E-state index in [1.165, 1.54) is 43.4 Å². The summed E-state index contributed by atoms with van der Waals surface area (Å²) in [4.78, 5) is 0. The molecule has 1 saturated carbocycles. The molecule has 1 N–H and O–H groups in total. The molecule has 0 aliphatic heterocycles. The van der Waals surface area contributed by atoms with Crippen LogP contribution >= 0.6 is 0 Å². The van der Waals surface area contributed by atoms with E-state index in [9.17, 15) is 0 Å². The monoisotopic (exact) mass is 231 g/mol. The van der Waals surface area contributed by atoms with E-state index in [2.05, 4.69) is 43.4 Å². The molecule has 2 rings (SSSR count). The van der Waals surface area contributed by atoms with Crippen LogP contribution in [0.15, 0.2) is 24.3 Å². The summed E-state index contributed by atoms with van der Waals surface area (Å²) in [5, 5.41) is 3.66. The average molecular weight is 231 g/mol. The van der Waals surface area contributed by atoms with Crippen molar-refractivity contribution in [2.24, 2.45) is 5.92 Å². The molecule has 0 radical (unpaired) electrons. The number of hydrogen-bond acceptors (Lipinski definition) is 1. The van der Waals surface area contributed by atoms with Crippen molar-refractivity contribution in [1.82, 2.24) is 5.32 Å². The molecule has 0 aromatic heterocycles. The first-order valence-corrected chi connectivity index (χ1v) is 7.09. The van der Waals surface area contributed by atoms with Crippen molar-refractivity contribution in [1.29, 1.82) is 0 Å². The minimum Gasteiger partial charge on any atom is -0.314 e. The molecule has 0 saturated heterocycles. The molecular formula is C16H25N. The van der Waals surface area contributed by atoms with Crippen molar-refractivity contribution < 1.29 is 0 Å². The van der Waals surface area contributed by atoms with E-state index in [-0.39, 0.29) is 0 Å². The molecule has 1 heteroatoms. The molecule has 17 heavy (non-hydrogen) atoms. The standard InChI is InChI=1S/C16H25N/c1-3-14-7-9-15(10-8-14)11-13(2)12-17-16-5-4-6-16/h7-10,13,16-17H,3-6,11-12H2,1-2H3. The summed E-state index contributed by atoms with van der Waals surface area (Å²) >= 11 is 0. The summed E-state index contributed by atoms with van der Waals surface area (Å²) in [6.45, 7) is 5.72. The van der Waals surface area contributed by atoms with Crippen LogP contribution in [0.2, 0.25) is 0 Å². The third-order valence-electron chi connectivity index (χ3n) is 3.88. The van der Waals surface area contributed by atoms with Gasteiger partial charge in [-0.1, -0.05) is 44.5 Å². The molecule has 1 aromatic carbocycles. The fourth-order valence-electron chi connectivity index (χ4n) is 2.37. The Morgan fingerprint density at radius 1 is 1.18 bits per heavy atom. The predicted octanol–water partition coefficient (Wildman–Crippen LogP) is 3.57. The van der Waals surface area contributed by atoms with Crippen molar-refractivity contribution in [3.8, 4) is 0 Å². The largest absolute Gasteiger partial charge is 0.314 e. The fraction of sp³-hybridized carbons (Fsp3) is 0.625. The van der Waals surface area contributed by atoms with Crippen LogP contribution < -0.4 is 5.32 Å². The smallest absolute Gasteiger partial charge is 0.00671 e. The second-order valence-corrected chi connectivity index (χ2v) is 5.52. The van der Waals surface area contributed by atoms with Crippen LogP contribution in [0.3, 0.4) is 0 Å². The van der Waals surface area contributed by atoms with Crippen molar-refractivity contribution >= 4 is 0 Å². The lowest BCUT2D eigenvalue weighted by molar-refractivity contribution is 0.320. The molecule has 0 bridgehead atoms. The SMILES string of the molecule is CCc1ccc(CC(C)CNC2CCC2)cc1. The Balaban J connectivity index is 1.74. The second-order valence-electron chi connectivity index (χ2n) is 5.52. The van der Waals surface area contributed by atoms with E-state index >= 15 is 0 Å². The molecule has 0 spiro atoms. The van der Waals surface area contributed by atoms with Gasteiger partial charge in [-0.2, -0.15) is 0 Å². The van der Waals surface area contributed by atoms with Gasteiger partial charge in [0.1, 0.15) is 0 Å². The first kappa shape index (κ1) is 12.6. The molecule has 0 heterocycles. The maximum atomic E-state index is 3.66. The van der Waals surface area contributed by atoms with Gasteiger partial charge in [0.2, 0.25) is 0 Å². The maximum Gasteiger partial charge on any atom is 0.00671 e. The molecule has 1 nitrogen and oxygen atoms in total. The van der Waals surface area contributed by atoms with Crippen LogP contribution in [0.5, 0.6) is 0 Å². The normalized spacial score (nSPS) is 17.8. The molecule has 0 amide bonds. The third kappa shape index (κ3) is 3.85. The summed E-state index contributed by atoms with van der Waals surface area (Å²) < 4.78 is 0. The quantitative estimate of drug-likeness (QED) is 0.789. The Morgan fingerprint density at radius 2 is 1.82 bits per heavy atom. The predicted molar refractivity (Wildman–Crippen MR) is 74.3 cm³/mol. The molecule has 1 unspecified atom stereocenters. The highest BCUT2D eigenvalue weighted by atomic mass is 14.9. The Morgan fingerprint density at radius 3 is 2.35 bits per heavy atom. The Hall–Kier alpha value is -0.820. The number of nitrogens with one attached hydrogen (secondary N) is 1. The number of hydrogen-bond donors (Lipinski definition) is 1. The lowest BCUT2D eigenvalue weighted by atomic mass is 9.92. The van der Waals surface area contributed by atoms with Gasteiger partial charge in [-0.25, -0.2) is 0 Å². The van der Waals surface area contributed by atoms with Gasteiger partial charge >= 0.3 is 0 Å². The summed E-state index contributed by atoms with van der Waals surface area (Å²) in [6, 6.07) is 9.93. The van der Waals surface area contributed by atoms with E-state index in [4.69, 9.17) is 0 Å². The molecule has 1 atom stereocenters. The van der Waals surface area contributed by atoms with Crippen molar-refractivity contribution in [3.05, 3.63) is 35.4 Å². The van der Waals surface area contributed by atoms with E-state index in [0.717, 1.165) is 18.4 Å². The molecule has 1 aliphatic carbocycles. The van der Waals surface area contributed by atoms with Gasteiger partial charge < -0.3 is 5.32 Å². The molecule has 94 valence electrons. The molecular weight excluding hydrogens is 206 g/mol. The zero-order valence-electron chi connectivity index (χ0n) is 11.2. The maximum absolute atomic E-state index is 3.66. The van der Waals surface area contributed by atoms with Crippen LogP contribution in [0, 0.1) is 5.92 Å². The van der Waals surface area contributed by atoms with E-state index in [1.54, 1.807) is 0 Å². The van der Waals surface area contributed by atoms with Gasteiger partial charge in [-0.3, -0.25) is 0 Å². The van der Waals surface area contributed by atoms with Gasteiger partial charge in [0.25, 0.3) is 0 Å². The fourth-order valence-corrected chi connectivity index (χ4v) is 2.37. The summed E-state index contributed by atoms with van der Waals surface area (Å²) in [7, 11) is 0. The Kier molecular flexibility index (Phi) is 4.61. The zero-order valence-corrected chi connectivity index (χ0v) is 11.2. The van der Waals surface area contributed by atoms with E-state index in [0.29, 0.717) is 0 Å². The van der Waals surface area contributed by atoms with Gasteiger partial charge in [-0.15, -0.1) is 0 Å². The Bertz CT molecular complexity index is 324. The van der Waals surface area contributed by atoms with Crippen LogP contribution in [-0.4, -0.2) is 12.6 Å².